The van der Waals surface area contributed by atoms with Crippen molar-refractivity contribution in [2.75, 3.05) is 17.2 Å². The molecule has 4 heteroatoms. The highest BCUT2D eigenvalue weighted by Gasteiger charge is 2.22. The molecule has 2 aromatic rings. The summed E-state index contributed by atoms with van der Waals surface area (Å²) in [6.07, 6.45) is 8.91. The molecule has 106 valence electrons. The molecular weight excluding hydrogens is 248 g/mol. The minimum absolute atomic E-state index is 0.608. The molecule has 0 spiro atoms. The fraction of sp³-hybridized carbons (Fsp3) is 0.438. The molecule has 1 unspecified atom stereocenters. The minimum atomic E-state index is 0.608. The van der Waals surface area contributed by atoms with E-state index in [1.54, 1.807) is 0 Å². The quantitative estimate of drug-likeness (QED) is 0.869. The molecule has 0 amide bonds. The van der Waals surface area contributed by atoms with E-state index in [-0.39, 0.29) is 0 Å². The lowest BCUT2D eigenvalue weighted by atomic mass is 9.98. The Morgan fingerprint density at radius 2 is 2.05 bits per heavy atom. The Hall–Kier alpha value is -1.97. The molecule has 2 heterocycles. The van der Waals surface area contributed by atoms with Gasteiger partial charge in [0.2, 0.25) is 0 Å². The number of piperidine rings is 1. The van der Waals surface area contributed by atoms with E-state index in [1.165, 1.54) is 24.9 Å². The van der Waals surface area contributed by atoms with E-state index < -0.39 is 0 Å². The highest BCUT2D eigenvalue weighted by molar-refractivity contribution is 5.53. The van der Waals surface area contributed by atoms with Gasteiger partial charge in [-0.15, -0.1) is 0 Å². The lowest BCUT2D eigenvalue weighted by Crippen LogP contribution is -2.40. The van der Waals surface area contributed by atoms with Gasteiger partial charge in [-0.2, -0.15) is 5.10 Å². The molecule has 4 nitrogen and oxygen atoms in total. The summed E-state index contributed by atoms with van der Waals surface area (Å²) in [5.74, 6) is 0. The molecule has 0 saturated carbocycles. The van der Waals surface area contributed by atoms with Crippen molar-refractivity contribution in [3.63, 3.8) is 0 Å². The number of nitrogens with zero attached hydrogens (tertiary/aromatic N) is 3. The molecule has 1 saturated heterocycles. The summed E-state index contributed by atoms with van der Waals surface area (Å²) in [6.45, 7) is 2.14. The monoisotopic (exact) mass is 270 g/mol. The van der Waals surface area contributed by atoms with Crippen LogP contribution in [0.2, 0.25) is 0 Å². The van der Waals surface area contributed by atoms with Crippen LogP contribution in [0.15, 0.2) is 42.7 Å². The molecule has 1 aromatic heterocycles. The van der Waals surface area contributed by atoms with E-state index in [2.05, 4.69) is 22.1 Å². The van der Waals surface area contributed by atoms with Crippen molar-refractivity contribution >= 4 is 11.4 Å². The smallest absolute Gasteiger partial charge is 0.0489 e. The molecule has 3 rings (SSSR count). The van der Waals surface area contributed by atoms with Crippen LogP contribution in [0.5, 0.6) is 0 Å². The van der Waals surface area contributed by atoms with Crippen LogP contribution in [0.4, 0.5) is 11.4 Å². The first kappa shape index (κ1) is 13.0. The van der Waals surface area contributed by atoms with Crippen molar-refractivity contribution in [2.24, 2.45) is 0 Å². The summed E-state index contributed by atoms with van der Waals surface area (Å²) in [7, 11) is 0. The molecule has 1 aromatic carbocycles. The van der Waals surface area contributed by atoms with Gasteiger partial charge in [-0.25, -0.2) is 0 Å². The molecule has 2 N–H and O–H groups in total. The number of hydrogen-bond donors (Lipinski definition) is 1. The van der Waals surface area contributed by atoms with Crippen molar-refractivity contribution in [1.82, 2.24) is 9.78 Å². The molecule has 1 atom stereocenters. The molecule has 20 heavy (non-hydrogen) atoms. The first-order valence-electron chi connectivity index (χ1n) is 7.42. The second-order valence-corrected chi connectivity index (χ2v) is 5.49. The Bertz CT molecular complexity index is 518. The summed E-state index contributed by atoms with van der Waals surface area (Å²) >= 11 is 0. The number of benzene rings is 1. The molecule has 1 aliphatic heterocycles. The Kier molecular flexibility index (Phi) is 3.90. The molecule has 0 bridgehead atoms. The van der Waals surface area contributed by atoms with Crippen LogP contribution in [-0.4, -0.2) is 22.4 Å². The summed E-state index contributed by atoms with van der Waals surface area (Å²) in [6, 6.07) is 10.9. The van der Waals surface area contributed by atoms with Crippen LogP contribution in [0, 0.1) is 0 Å². The van der Waals surface area contributed by atoms with Gasteiger partial charge >= 0.3 is 0 Å². The average molecular weight is 270 g/mol. The predicted octanol–water partition coefficient (Wildman–Crippen LogP) is 2.91. The van der Waals surface area contributed by atoms with Crippen LogP contribution < -0.4 is 10.6 Å². The second-order valence-electron chi connectivity index (χ2n) is 5.49. The van der Waals surface area contributed by atoms with Crippen LogP contribution >= 0.6 is 0 Å². The number of rotatable bonds is 4. The van der Waals surface area contributed by atoms with Crippen molar-refractivity contribution < 1.29 is 0 Å². The third-order valence-corrected chi connectivity index (χ3v) is 4.10. The number of nitrogens with two attached hydrogens (primary N) is 1. The highest BCUT2D eigenvalue weighted by atomic mass is 15.3. The Morgan fingerprint density at radius 3 is 2.80 bits per heavy atom. The van der Waals surface area contributed by atoms with Gasteiger partial charge < -0.3 is 10.6 Å². The van der Waals surface area contributed by atoms with Crippen LogP contribution in [0.1, 0.15) is 25.7 Å². The second kappa shape index (κ2) is 5.99. The molecule has 1 aliphatic rings. The molecule has 0 radical (unpaired) electrons. The maximum absolute atomic E-state index is 5.78. The first-order valence-corrected chi connectivity index (χ1v) is 7.42. The van der Waals surface area contributed by atoms with Crippen LogP contribution in [0.3, 0.4) is 0 Å². The van der Waals surface area contributed by atoms with E-state index in [0.29, 0.717) is 6.04 Å². The van der Waals surface area contributed by atoms with Crippen molar-refractivity contribution in [3.8, 4) is 0 Å². The number of hydrogen-bond acceptors (Lipinski definition) is 3. The summed E-state index contributed by atoms with van der Waals surface area (Å²) in [4.78, 5) is 2.53. The predicted molar refractivity (Wildman–Crippen MR) is 82.7 cm³/mol. The third-order valence-electron chi connectivity index (χ3n) is 4.10. The lowest BCUT2D eigenvalue weighted by Gasteiger charge is -2.37. The minimum Gasteiger partial charge on any atom is -0.399 e. The number of anilines is 2. The zero-order chi connectivity index (χ0) is 13.8. The van der Waals surface area contributed by atoms with Gasteiger partial charge in [0, 0.05) is 42.9 Å². The SMILES string of the molecule is Nc1ccc(N2CCCCC2CCn2cccn2)cc1. The van der Waals surface area contributed by atoms with Crippen LogP contribution in [-0.2, 0) is 6.54 Å². The average Bonchev–Trinajstić information content (AvgIpc) is 3.00. The van der Waals surface area contributed by atoms with E-state index in [1.807, 2.05) is 35.3 Å². The highest BCUT2D eigenvalue weighted by Crippen LogP contribution is 2.27. The topological polar surface area (TPSA) is 47.1 Å². The van der Waals surface area contributed by atoms with Crippen LogP contribution in [0.25, 0.3) is 0 Å². The number of aromatic nitrogens is 2. The van der Waals surface area contributed by atoms with Gasteiger partial charge in [0.15, 0.2) is 0 Å². The largest absolute Gasteiger partial charge is 0.399 e. The van der Waals surface area contributed by atoms with Gasteiger partial charge in [0.1, 0.15) is 0 Å². The van der Waals surface area contributed by atoms with Crippen molar-refractivity contribution in [1.29, 1.82) is 0 Å². The standard InChI is InChI=1S/C16H22N4/c17-14-5-7-16(8-6-14)20-12-2-1-4-15(20)9-13-19-11-3-10-18-19/h3,5-8,10-11,15H,1-2,4,9,12-13,17H2. The fourth-order valence-electron chi connectivity index (χ4n) is 3.02. The zero-order valence-electron chi connectivity index (χ0n) is 11.8. The van der Waals surface area contributed by atoms with Gasteiger partial charge in [-0.05, 0) is 56.0 Å². The number of nitrogen functional groups attached to an aromatic ring is 1. The first-order chi connectivity index (χ1) is 9.83. The van der Waals surface area contributed by atoms with Crippen molar-refractivity contribution in [3.05, 3.63) is 42.7 Å². The summed E-state index contributed by atoms with van der Waals surface area (Å²) in [5, 5.41) is 4.29. The Morgan fingerprint density at radius 1 is 1.20 bits per heavy atom. The van der Waals surface area contributed by atoms with Gasteiger partial charge in [-0.3, -0.25) is 4.68 Å². The van der Waals surface area contributed by atoms with E-state index in [0.717, 1.165) is 25.2 Å². The Balaban J connectivity index is 1.68. The normalized spacial score (nSPS) is 19.2. The molecule has 1 fully saturated rings. The van der Waals surface area contributed by atoms with E-state index in [4.69, 9.17) is 5.73 Å². The fourth-order valence-corrected chi connectivity index (χ4v) is 3.02. The molecule has 0 aliphatic carbocycles. The van der Waals surface area contributed by atoms with Crippen molar-refractivity contribution in [2.45, 2.75) is 38.3 Å². The maximum Gasteiger partial charge on any atom is 0.0489 e. The zero-order valence-corrected chi connectivity index (χ0v) is 11.8. The van der Waals surface area contributed by atoms with Gasteiger partial charge in [-0.1, -0.05) is 0 Å². The van der Waals surface area contributed by atoms with E-state index >= 15 is 0 Å². The van der Waals surface area contributed by atoms with E-state index in [9.17, 15) is 0 Å². The molecular formula is C16H22N4. The Labute approximate surface area is 120 Å². The van der Waals surface area contributed by atoms with Gasteiger partial charge in [0.05, 0.1) is 0 Å². The lowest BCUT2D eigenvalue weighted by molar-refractivity contribution is 0.407. The number of aryl methyl sites for hydroxylation is 1. The summed E-state index contributed by atoms with van der Waals surface area (Å²) < 4.78 is 2.02. The maximum atomic E-state index is 5.78. The summed E-state index contributed by atoms with van der Waals surface area (Å²) in [5.41, 5.74) is 7.91. The van der Waals surface area contributed by atoms with Gasteiger partial charge in [0.25, 0.3) is 0 Å². The third kappa shape index (κ3) is 2.95.